The van der Waals surface area contributed by atoms with E-state index in [-0.39, 0.29) is 16.4 Å². The van der Waals surface area contributed by atoms with Gasteiger partial charge in [0.1, 0.15) is 11.6 Å². The van der Waals surface area contributed by atoms with E-state index >= 15 is 0 Å². The first kappa shape index (κ1) is 15.2. The molecule has 0 aromatic carbocycles. The smallest absolute Gasteiger partial charge is 0.369 e. The van der Waals surface area contributed by atoms with E-state index in [1.54, 1.807) is 11.8 Å². The van der Waals surface area contributed by atoms with E-state index in [4.69, 9.17) is 5.84 Å². The molecule has 0 radical (unpaired) electrons. The Hall–Kier alpha value is -1.15. The molecular formula is C12H17F3N4S. The Labute approximate surface area is 119 Å². The van der Waals surface area contributed by atoms with Gasteiger partial charge in [-0.05, 0) is 31.2 Å². The highest BCUT2D eigenvalue weighted by molar-refractivity contribution is 8.00. The molecule has 0 spiro atoms. The van der Waals surface area contributed by atoms with Crippen LogP contribution in [-0.4, -0.2) is 22.5 Å². The molecule has 1 saturated carbocycles. The molecule has 112 valence electrons. The number of hydrazine groups is 1. The third-order valence-electron chi connectivity index (χ3n) is 3.59. The van der Waals surface area contributed by atoms with Gasteiger partial charge in [0.2, 0.25) is 0 Å². The maximum Gasteiger partial charge on any atom is 0.416 e. The van der Waals surface area contributed by atoms with Gasteiger partial charge in [-0.3, -0.25) is 0 Å². The van der Waals surface area contributed by atoms with Crippen molar-refractivity contribution in [3.8, 4) is 0 Å². The van der Waals surface area contributed by atoms with Gasteiger partial charge in [-0.1, -0.05) is 6.42 Å². The van der Waals surface area contributed by atoms with E-state index in [1.807, 2.05) is 6.26 Å². The van der Waals surface area contributed by atoms with Crippen LogP contribution in [0.25, 0.3) is 0 Å². The van der Waals surface area contributed by atoms with Crippen molar-refractivity contribution in [1.29, 1.82) is 0 Å². The number of alkyl halides is 3. The molecule has 8 heteroatoms. The second kappa shape index (κ2) is 5.69. The van der Waals surface area contributed by atoms with Gasteiger partial charge in [0.15, 0.2) is 0 Å². The fraction of sp³-hybridized carbons (Fsp3) is 0.583. The number of nitrogens with two attached hydrogens (primary N) is 1. The van der Waals surface area contributed by atoms with Crippen molar-refractivity contribution < 1.29 is 13.2 Å². The van der Waals surface area contributed by atoms with Crippen molar-refractivity contribution in [2.75, 3.05) is 23.5 Å². The van der Waals surface area contributed by atoms with Crippen LogP contribution in [0.4, 0.5) is 24.8 Å². The zero-order valence-electron chi connectivity index (χ0n) is 11.0. The number of nitrogens with one attached hydrogen (secondary N) is 2. The molecule has 1 heterocycles. The quantitative estimate of drug-likeness (QED) is 0.576. The molecule has 1 aromatic heterocycles. The molecule has 0 unspecified atom stereocenters. The van der Waals surface area contributed by atoms with Crippen LogP contribution in [0.15, 0.2) is 12.1 Å². The molecule has 20 heavy (non-hydrogen) atoms. The van der Waals surface area contributed by atoms with Crippen LogP contribution in [0, 0.1) is 0 Å². The average Bonchev–Trinajstić information content (AvgIpc) is 2.36. The number of rotatable bonds is 5. The SMILES string of the molecule is CSC1(CNc2cc(C(F)(F)F)cc(NN)n2)CCC1. The Bertz CT molecular complexity index is 469. The number of pyridine rings is 1. The third-order valence-corrected chi connectivity index (χ3v) is 5.01. The van der Waals surface area contributed by atoms with E-state index in [0.29, 0.717) is 6.54 Å². The molecule has 0 atom stereocenters. The van der Waals surface area contributed by atoms with Gasteiger partial charge in [0.25, 0.3) is 0 Å². The summed E-state index contributed by atoms with van der Waals surface area (Å²) >= 11 is 1.75. The van der Waals surface area contributed by atoms with Gasteiger partial charge >= 0.3 is 6.18 Å². The number of hydrogen-bond acceptors (Lipinski definition) is 5. The Morgan fingerprint density at radius 3 is 2.45 bits per heavy atom. The maximum absolute atomic E-state index is 12.8. The Morgan fingerprint density at radius 1 is 1.35 bits per heavy atom. The minimum absolute atomic E-state index is 0.00543. The Kier molecular flexibility index (Phi) is 4.33. The zero-order chi connectivity index (χ0) is 14.8. The fourth-order valence-corrected chi connectivity index (χ4v) is 3.05. The normalized spacial score (nSPS) is 17.4. The molecular weight excluding hydrogens is 289 g/mol. The van der Waals surface area contributed by atoms with Crippen molar-refractivity contribution in [3.05, 3.63) is 17.7 Å². The molecule has 0 amide bonds. The summed E-state index contributed by atoms with van der Waals surface area (Å²) < 4.78 is 38.4. The highest BCUT2D eigenvalue weighted by atomic mass is 32.2. The van der Waals surface area contributed by atoms with E-state index in [1.165, 1.54) is 0 Å². The van der Waals surface area contributed by atoms with Crippen molar-refractivity contribution in [1.82, 2.24) is 4.98 Å². The van der Waals surface area contributed by atoms with Crippen molar-refractivity contribution in [2.24, 2.45) is 5.84 Å². The summed E-state index contributed by atoms with van der Waals surface area (Å²) in [4.78, 5) is 4.00. The lowest BCUT2D eigenvalue weighted by atomic mass is 9.84. The van der Waals surface area contributed by atoms with Gasteiger partial charge in [-0.15, -0.1) is 0 Å². The van der Waals surface area contributed by atoms with Crippen LogP contribution >= 0.6 is 11.8 Å². The molecule has 0 saturated heterocycles. The standard InChI is InChI=1S/C12H17F3N4S/c1-20-11(3-2-4-11)7-17-9-5-8(12(13,14)15)6-10(18-9)19-16/h5-6H,2-4,7,16H2,1H3,(H2,17,18,19). The lowest BCUT2D eigenvalue weighted by Crippen LogP contribution is -2.40. The first-order chi connectivity index (χ1) is 9.38. The number of hydrogen-bond donors (Lipinski definition) is 3. The topological polar surface area (TPSA) is 63.0 Å². The van der Waals surface area contributed by atoms with E-state index in [9.17, 15) is 13.2 Å². The van der Waals surface area contributed by atoms with Crippen molar-refractivity contribution in [2.45, 2.75) is 30.2 Å². The van der Waals surface area contributed by atoms with Gasteiger partial charge in [-0.2, -0.15) is 24.9 Å². The first-order valence-electron chi connectivity index (χ1n) is 6.23. The van der Waals surface area contributed by atoms with Gasteiger partial charge < -0.3 is 10.7 Å². The van der Waals surface area contributed by atoms with Crippen LogP contribution in [0.5, 0.6) is 0 Å². The average molecular weight is 306 g/mol. The minimum Gasteiger partial charge on any atom is -0.369 e. The van der Waals surface area contributed by atoms with Gasteiger partial charge in [-0.25, -0.2) is 10.8 Å². The second-order valence-electron chi connectivity index (χ2n) is 4.86. The van der Waals surface area contributed by atoms with Gasteiger partial charge in [0.05, 0.1) is 5.56 Å². The summed E-state index contributed by atoms with van der Waals surface area (Å²) in [7, 11) is 0. The molecule has 0 bridgehead atoms. The fourth-order valence-electron chi connectivity index (χ4n) is 2.13. The Balaban J connectivity index is 2.14. The molecule has 4 N–H and O–H groups in total. The van der Waals surface area contributed by atoms with E-state index in [0.717, 1.165) is 31.4 Å². The molecule has 1 fully saturated rings. The highest BCUT2D eigenvalue weighted by Crippen LogP contribution is 2.42. The van der Waals surface area contributed by atoms with Crippen LogP contribution in [0.3, 0.4) is 0 Å². The molecule has 1 aliphatic carbocycles. The number of nitrogens with zero attached hydrogens (tertiary/aromatic N) is 1. The number of anilines is 2. The summed E-state index contributed by atoms with van der Waals surface area (Å²) in [5, 5.41) is 3.00. The van der Waals surface area contributed by atoms with E-state index < -0.39 is 11.7 Å². The molecule has 0 aliphatic heterocycles. The van der Waals surface area contributed by atoms with E-state index in [2.05, 4.69) is 15.7 Å². The molecule has 2 rings (SSSR count). The second-order valence-corrected chi connectivity index (χ2v) is 6.14. The Morgan fingerprint density at radius 2 is 2.00 bits per heavy atom. The number of nitrogen functional groups attached to an aromatic ring is 1. The molecule has 1 aliphatic rings. The van der Waals surface area contributed by atoms with Crippen molar-refractivity contribution >= 4 is 23.4 Å². The first-order valence-corrected chi connectivity index (χ1v) is 7.46. The predicted octanol–water partition coefficient (Wildman–Crippen LogP) is 3.08. The summed E-state index contributed by atoms with van der Waals surface area (Å²) in [5.41, 5.74) is 1.39. The maximum atomic E-state index is 12.8. The zero-order valence-corrected chi connectivity index (χ0v) is 11.9. The minimum atomic E-state index is -4.42. The van der Waals surface area contributed by atoms with Crippen molar-refractivity contribution in [3.63, 3.8) is 0 Å². The number of halogens is 3. The summed E-state index contributed by atoms with van der Waals surface area (Å²) in [6.45, 7) is 0.604. The van der Waals surface area contributed by atoms with Crippen LogP contribution < -0.4 is 16.6 Å². The molecule has 1 aromatic rings. The summed E-state index contributed by atoms with van der Waals surface area (Å²) in [5.74, 6) is 5.35. The highest BCUT2D eigenvalue weighted by Gasteiger charge is 2.36. The van der Waals surface area contributed by atoms with Crippen LogP contribution in [-0.2, 0) is 6.18 Å². The largest absolute Gasteiger partial charge is 0.416 e. The molecule has 4 nitrogen and oxygen atoms in total. The predicted molar refractivity (Wildman–Crippen MR) is 75.6 cm³/mol. The number of thioether (sulfide) groups is 1. The van der Waals surface area contributed by atoms with Crippen LogP contribution in [0.2, 0.25) is 0 Å². The summed E-state index contributed by atoms with van der Waals surface area (Å²) in [6.07, 6.45) is 0.907. The van der Waals surface area contributed by atoms with Crippen LogP contribution in [0.1, 0.15) is 24.8 Å². The third kappa shape index (κ3) is 3.29. The number of aromatic nitrogens is 1. The lowest BCUT2D eigenvalue weighted by Gasteiger charge is -2.40. The van der Waals surface area contributed by atoms with Gasteiger partial charge in [0, 0.05) is 11.3 Å². The monoisotopic (exact) mass is 306 g/mol. The lowest BCUT2D eigenvalue weighted by molar-refractivity contribution is -0.137. The summed E-state index contributed by atoms with van der Waals surface area (Å²) in [6, 6.07) is 1.90.